The Balaban J connectivity index is 2.24. The van der Waals surface area contributed by atoms with Crippen LogP contribution in [0.5, 0.6) is 5.75 Å². The molecule has 112 valence electrons. The van der Waals surface area contributed by atoms with Crippen molar-refractivity contribution in [2.45, 2.75) is 0 Å². The molecule has 2 aromatic carbocycles. The Morgan fingerprint density at radius 2 is 2.05 bits per heavy atom. The summed E-state index contributed by atoms with van der Waals surface area (Å²) in [5.74, 6) is -1.12. The molecule has 0 aliphatic carbocycles. The van der Waals surface area contributed by atoms with Gasteiger partial charge in [-0.3, -0.25) is 0 Å². The maximum atomic E-state index is 13.9. The summed E-state index contributed by atoms with van der Waals surface area (Å²) in [5.41, 5.74) is 1.51. The fourth-order valence-corrected chi connectivity index (χ4v) is 2.64. The van der Waals surface area contributed by atoms with Gasteiger partial charge in [0.25, 0.3) is 0 Å². The van der Waals surface area contributed by atoms with E-state index >= 15 is 0 Å². The Morgan fingerprint density at radius 1 is 1.27 bits per heavy atom. The number of aromatic nitrogens is 1. The summed E-state index contributed by atoms with van der Waals surface area (Å²) in [6.45, 7) is 0. The van der Waals surface area contributed by atoms with Gasteiger partial charge in [-0.05, 0) is 35.4 Å². The van der Waals surface area contributed by atoms with Gasteiger partial charge in [0.05, 0.1) is 17.6 Å². The highest BCUT2D eigenvalue weighted by Gasteiger charge is 2.15. The molecular formula is C16H11ClFNO3. The van der Waals surface area contributed by atoms with Crippen molar-refractivity contribution in [2.75, 3.05) is 7.11 Å². The lowest BCUT2D eigenvalue weighted by Gasteiger charge is -2.08. The molecular weight excluding hydrogens is 309 g/mol. The van der Waals surface area contributed by atoms with Gasteiger partial charge in [0.15, 0.2) is 0 Å². The molecule has 0 fully saturated rings. The number of carboxylic acids is 1. The molecule has 0 spiro atoms. The van der Waals surface area contributed by atoms with E-state index in [0.29, 0.717) is 21.7 Å². The Kier molecular flexibility index (Phi) is 3.50. The maximum Gasteiger partial charge on any atom is 0.352 e. The summed E-state index contributed by atoms with van der Waals surface area (Å²) in [5, 5.41) is 9.97. The van der Waals surface area contributed by atoms with Crippen LogP contribution in [0.15, 0.2) is 36.4 Å². The lowest BCUT2D eigenvalue weighted by atomic mass is 10.0. The molecule has 0 radical (unpaired) electrons. The number of hydrogen-bond donors (Lipinski definition) is 2. The summed E-state index contributed by atoms with van der Waals surface area (Å²) in [4.78, 5) is 13.7. The van der Waals surface area contributed by atoms with Crippen LogP contribution in [0.1, 0.15) is 10.5 Å². The van der Waals surface area contributed by atoms with E-state index in [1.54, 1.807) is 24.3 Å². The second-order valence-corrected chi connectivity index (χ2v) is 5.13. The van der Waals surface area contributed by atoms with Gasteiger partial charge in [0.1, 0.15) is 17.3 Å². The SMILES string of the molecule is COc1ccc(-c2ccc(F)c3[nH]c(C(=O)O)cc23)cc1Cl. The Bertz CT molecular complexity index is 888. The number of methoxy groups -OCH3 is 1. The molecule has 0 bridgehead atoms. The number of rotatable bonds is 3. The molecule has 0 amide bonds. The summed E-state index contributed by atoms with van der Waals surface area (Å²) in [7, 11) is 1.52. The first kappa shape index (κ1) is 14.4. The number of H-pyrrole nitrogens is 1. The van der Waals surface area contributed by atoms with Crippen LogP contribution in [0.3, 0.4) is 0 Å². The molecule has 1 aromatic heterocycles. The Hall–Kier alpha value is -2.53. The molecule has 6 heteroatoms. The van der Waals surface area contributed by atoms with E-state index in [2.05, 4.69) is 4.98 Å². The van der Waals surface area contributed by atoms with Crippen molar-refractivity contribution in [3.63, 3.8) is 0 Å². The van der Waals surface area contributed by atoms with Crippen LogP contribution in [-0.4, -0.2) is 23.2 Å². The maximum absolute atomic E-state index is 13.9. The fraction of sp³-hybridized carbons (Fsp3) is 0.0625. The zero-order valence-corrected chi connectivity index (χ0v) is 12.2. The van der Waals surface area contributed by atoms with Crippen LogP contribution >= 0.6 is 11.6 Å². The van der Waals surface area contributed by atoms with Gasteiger partial charge in [-0.2, -0.15) is 0 Å². The van der Waals surface area contributed by atoms with Crippen molar-refractivity contribution in [1.29, 1.82) is 0 Å². The van der Waals surface area contributed by atoms with Crippen LogP contribution in [0.2, 0.25) is 5.02 Å². The lowest BCUT2D eigenvalue weighted by Crippen LogP contribution is -1.95. The highest BCUT2D eigenvalue weighted by Crippen LogP contribution is 2.35. The van der Waals surface area contributed by atoms with Crippen LogP contribution in [0, 0.1) is 5.82 Å². The Labute approximate surface area is 130 Å². The minimum Gasteiger partial charge on any atom is -0.495 e. The van der Waals surface area contributed by atoms with Crippen LogP contribution in [0.4, 0.5) is 4.39 Å². The number of halogens is 2. The number of aromatic carboxylic acids is 1. The molecule has 22 heavy (non-hydrogen) atoms. The molecule has 0 saturated heterocycles. The highest BCUT2D eigenvalue weighted by molar-refractivity contribution is 6.32. The predicted octanol–water partition coefficient (Wildman–Crippen LogP) is 4.33. The number of nitrogens with one attached hydrogen (secondary N) is 1. The first-order valence-electron chi connectivity index (χ1n) is 6.39. The van der Waals surface area contributed by atoms with Gasteiger partial charge in [-0.25, -0.2) is 9.18 Å². The zero-order valence-electron chi connectivity index (χ0n) is 11.5. The van der Waals surface area contributed by atoms with Crippen molar-refractivity contribution in [2.24, 2.45) is 0 Å². The summed E-state index contributed by atoms with van der Waals surface area (Å²) in [6, 6.07) is 9.48. The monoisotopic (exact) mass is 319 g/mol. The third-order valence-electron chi connectivity index (χ3n) is 3.44. The smallest absolute Gasteiger partial charge is 0.352 e. The van der Waals surface area contributed by atoms with Gasteiger partial charge >= 0.3 is 5.97 Å². The minimum atomic E-state index is -1.14. The second-order valence-electron chi connectivity index (χ2n) is 4.72. The van der Waals surface area contributed by atoms with Crippen molar-refractivity contribution in [3.05, 3.63) is 52.9 Å². The standard InChI is InChI=1S/C16H11ClFNO3/c1-22-14-5-2-8(6-11(14)17)9-3-4-12(18)15-10(9)7-13(19-15)16(20)21/h2-7,19H,1H3,(H,20,21). The molecule has 0 aliphatic heterocycles. The number of carbonyl (C=O) groups is 1. The average molecular weight is 320 g/mol. The number of benzene rings is 2. The molecule has 0 saturated carbocycles. The topological polar surface area (TPSA) is 62.3 Å². The normalized spacial score (nSPS) is 10.9. The van der Waals surface area contributed by atoms with E-state index in [0.717, 1.165) is 5.56 Å². The zero-order chi connectivity index (χ0) is 15.9. The minimum absolute atomic E-state index is 0.0686. The number of aromatic amines is 1. The molecule has 3 aromatic rings. The molecule has 3 rings (SSSR count). The van der Waals surface area contributed by atoms with E-state index < -0.39 is 11.8 Å². The van der Waals surface area contributed by atoms with Crippen molar-refractivity contribution >= 4 is 28.5 Å². The van der Waals surface area contributed by atoms with Gasteiger partial charge < -0.3 is 14.8 Å². The largest absolute Gasteiger partial charge is 0.495 e. The summed E-state index contributed by atoms with van der Waals surface area (Å²) >= 11 is 6.12. The fourth-order valence-electron chi connectivity index (χ4n) is 2.39. The first-order chi connectivity index (χ1) is 10.5. The van der Waals surface area contributed by atoms with E-state index in [9.17, 15) is 9.18 Å². The van der Waals surface area contributed by atoms with Crippen molar-refractivity contribution < 1.29 is 19.0 Å². The predicted molar refractivity (Wildman–Crippen MR) is 82.2 cm³/mol. The number of hydrogen-bond acceptors (Lipinski definition) is 2. The first-order valence-corrected chi connectivity index (χ1v) is 6.77. The second kappa shape index (κ2) is 5.35. The third kappa shape index (κ3) is 2.29. The van der Waals surface area contributed by atoms with Crippen molar-refractivity contribution in [1.82, 2.24) is 4.98 Å². The van der Waals surface area contributed by atoms with Gasteiger partial charge in [-0.15, -0.1) is 0 Å². The van der Waals surface area contributed by atoms with Gasteiger partial charge in [0.2, 0.25) is 0 Å². The molecule has 4 nitrogen and oxygen atoms in total. The van der Waals surface area contributed by atoms with Gasteiger partial charge in [-0.1, -0.05) is 23.7 Å². The molecule has 1 heterocycles. The summed E-state index contributed by atoms with van der Waals surface area (Å²) in [6.07, 6.45) is 0. The molecule has 2 N–H and O–H groups in total. The average Bonchev–Trinajstić information content (AvgIpc) is 2.94. The molecule has 0 aliphatic rings. The highest BCUT2D eigenvalue weighted by atomic mass is 35.5. The molecule has 0 atom stereocenters. The van der Waals surface area contributed by atoms with Crippen LogP contribution in [0.25, 0.3) is 22.0 Å². The number of ether oxygens (including phenoxy) is 1. The third-order valence-corrected chi connectivity index (χ3v) is 3.73. The number of carboxylic acid groups (broad SMARTS) is 1. The van der Waals surface area contributed by atoms with E-state index in [4.69, 9.17) is 21.4 Å². The molecule has 0 unspecified atom stereocenters. The van der Waals surface area contributed by atoms with Gasteiger partial charge in [0, 0.05) is 5.39 Å². The Morgan fingerprint density at radius 3 is 2.68 bits per heavy atom. The quantitative estimate of drug-likeness (QED) is 0.755. The van der Waals surface area contributed by atoms with Crippen molar-refractivity contribution in [3.8, 4) is 16.9 Å². The van der Waals surface area contributed by atoms with Crippen LogP contribution in [-0.2, 0) is 0 Å². The van der Waals surface area contributed by atoms with E-state index in [1.807, 2.05) is 0 Å². The summed E-state index contributed by atoms with van der Waals surface area (Å²) < 4.78 is 19.0. The van der Waals surface area contributed by atoms with E-state index in [1.165, 1.54) is 19.2 Å². The van der Waals surface area contributed by atoms with E-state index in [-0.39, 0.29) is 11.2 Å². The lowest BCUT2D eigenvalue weighted by molar-refractivity contribution is 0.0691. The number of fused-ring (bicyclic) bond motifs is 1. The van der Waals surface area contributed by atoms with Crippen LogP contribution < -0.4 is 4.74 Å².